The van der Waals surface area contributed by atoms with Gasteiger partial charge in [0.2, 0.25) is 5.91 Å². The Bertz CT molecular complexity index is 246. The van der Waals surface area contributed by atoms with Crippen molar-refractivity contribution in [1.29, 1.82) is 0 Å². The van der Waals surface area contributed by atoms with E-state index in [1.165, 1.54) is 0 Å². The largest absolute Gasteiger partial charge is 0.355 e. The van der Waals surface area contributed by atoms with Gasteiger partial charge in [0, 0.05) is 6.54 Å². The summed E-state index contributed by atoms with van der Waals surface area (Å²) in [6.07, 6.45) is 3.43. The van der Waals surface area contributed by atoms with Crippen LogP contribution in [-0.4, -0.2) is 19.0 Å². The number of carbonyl (C=O) groups excluding carboxylic acids is 1. The summed E-state index contributed by atoms with van der Waals surface area (Å²) < 4.78 is 0. The van der Waals surface area contributed by atoms with Crippen molar-refractivity contribution in [3.8, 4) is 0 Å². The van der Waals surface area contributed by atoms with Crippen molar-refractivity contribution < 1.29 is 4.79 Å². The smallest absolute Gasteiger partial charge is 0.229 e. The fourth-order valence-electron chi connectivity index (χ4n) is 1.23. The Labute approximate surface area is 99.5 Å². The third kappa shape index (κ3) is 3.63. The lowest BCUT2D eigenvalue weighted by atomic mass is 9.84. The van der Waals surface area contributed by atoms with E-state index in [2.05, 4.69) is 25.7 Å². The monoisotopic (exact) mass is 226 g/mol. The Kier molecular flexibility index (Phi) is 5.73. The van der Waals surface area contributed by atoms with Crippen LogP contribution in [0.25, 0.3) is 0 Å². The maximum absolute atomic E-state index is 12.0. The molecule has 0 rings (SSSR count). The first-order valence-corrected chi connectivity index (χ1v) is 5.99. The van der Waals surface area contributed by atoms with E-state index in [9.17, 15) is 4.79 Å². The van der Waals surface area contributed by atoms with Gasteiger partial charge in [-0.15, -0.1) is 6.58 Å². The number of rotatable bonds is 7. The SMILES string of the molecule is C=CC(C)(CC)C(=O)NCC(C)(CC)CN. The molecule has 0 aromatic carbocycles. The molecule has 0 bridgehead atoms. The highest BCUT2D eigenvalue weighted by Crippen LogP contribution is 2.23. The Morgan fingerprint density at radius 3 is 2.25 bits per heavy atom. The van der Waals surface area contributed by atoms with Gasteiger partial charge in [-0.3, -0.25) is 4.79 Å². The first kappa shape index (κ1) is 15.2. The average Bonchev–Trinajstić information content (AvgIpc) is 2.34. The Balaban J connectivity index is 4.42. The van der Waals surface area contributed by atoms with Gasteiger partial charge in [0.15, 0.2) is 0 Å². The molecular weight excluding hydrogens is 200 g/mol. The summed E-state index contributed by atoms with van der Waals surface area (Å²) in [4.78, 5) is 12.0. The molecule has 0 radical (unpaired) electrons. The van der Waals surface area contributed by atoms with E-state index >= 15 is 0 Å². The highest BCUT2D eigenvalue weighted by Gasteiger charge is 2.29. The average molecular weight is 226 g/mol. The van der Waals surface area contributed by atoms with Crippen molar-refractivity contribution in [2.45, 2.75) is 40.5 Å². The van der Waals surface area contributed by atoms with Crippen LogP contribution in [-0.2, 0) is 4.79 Å². The van der Waals surface area contributed by atoms with Crippen molar-refractivity contribution in [2.75, 3.05) is 13.1 Å². The number of amides is 1. The van der Waals surface area contributed by atoms with E-state index in [-0.39, 0.29) is 11.3 Å². The summed E-state index contributed by atoms with van der Waals surface area (Å²) in [6, 6.07) is 0. The molecule has 3 heteroatoms. The van der Waals surface area contributed by atoms with Gasteiger partial charge in [0.05, 0.1) is 5.41 Å². The molecule has 1 amide bonds. The maximum atomic E-state index is 12.0. The summed E-state index contributed by atoms with van der Waals surface area (Å²) in [6.45, 7) is 13.0. The number of nitrogens with one attached hydrogen (secondary N) is 1. The number of hydrogen-bond donors (Lipinski definition) is 2. The molecule has 2 unspecified atom stereocenters. The molecule has 16 heavy (non-hydrogen) atoms. The molecule has 0 fully saturated rings. The molecule has 94 valence electrons. The van der Waals surface area contributed by atoms with Crippen LogP contribution in [0.3, 0.4) is 0 Å². The molecule has 0 aliphatic carbocycles. The van der Waals surface area contributed by atoms with Crippen LogP contribution in [0.1, 0.15) is 40.5 Å². The van der Waals surface area contributed by atoms with Gasteiger partial charge >= 0.3 is 0 Å². The predicted octanol–water partition coefficient (Wildman–Crippen LogP) is 2.08. The van der Waals surface area contributed by atoms with Gasteiger partial charge in [0.1, 0.15) is 0 Å². The van der Waals surface area contributed by atoms with E-state index in [1.807, 2.05) is 13.8 Å². The lowest BCUT2D eigenvalue weighted by Crippen LogP contribution is -2.44. The standard InChI is InChI=1S/C13H26N2O/c1-6-12(4,9-14)10-15-11(16)13(5,7-2)8-3/h7H,2,6,8-10,14H2,1,3-5H3,(H,15,16). The highest BCUT2D eigenvalue weighted by atomic mass is 16.2. The molecule has 2 atom stereocenters. The van der Waals surface area contributed by atoms with Gasteiger partial charge < -0.3 is 11.1 Å². The molecule has 3 nitrogen and oxygen atoms in total. The van der Waals surface area contributed by atoms with Crippen LogP contribution in [0, 0.1) is 10.8 Å². The summed E-state index contributed by atoms with van der Waals surface area (Å²) in [7, 11) is 0. The zero-order chi connectivity index (χ0) is 12.8. The van der Waals surface area contributed by atoms with Crippen molar-refractivity contribution in [3.05, 3.63) is 12.7 Å². The quantitative estimate of drug-likeness (QED) is 0.653. The molecule has 0 saturated carbocycles. The van der Waals surface area contributed by atoms with Crippen LogP contribution in [0.4, 0.5) is 0 Å². The molecule has 0 heterocycles. The second-order valence-electron chi connectivity index (χ2n) is 5.03. The van der Waals surface area contributed by atoms with Gasteiger partial charge in [-0.2, -0.15) is 0 Å². The molecule has 0 aromatic heterocycles. The van der Waals surface area contributed by atoms with E-state index in [1.54, 1.807) is 6.08 Å². The summed E-state index contributed by atoms with van der Waals surface area (Å²) in [5.41, 5.74) is 5.23. The molecule has 0 saturated heterocycles. The van der Waals surface area contributed by atoms with Crippen molar-refractivity contribution in [2.24, 2.45) is 16.6 Å². The predicted molar refractivity (Wildman–Crippen MR) is 69.1 cm³/mol. The second-order valence-corrected chi connectivity index (χ2v) is 5.03. The number of carbonyl (C=O) groups is 1. The fourth-order valence-corrected chi connectivity index (χ4v) is 1.23. The third-order valence-electron chi connectivity index (χ3n) is 3.73. The van der Waals surface area contributed by atoms with Crippen molar-refractivity contribution in [3.63, 3.8) is 0 Å². The van der Waals surface area contributed by atoms with Crippen LogP contribution in [0.5, 0.6) is 0 Å². The topological polar surface area (TPSA) is 55.1 Å². The Morgan fingerprint density at radius 2 is 1.94 bits per heavy atom. The fraction of sp³-hybridized carbons (Fsp3) is 0.769. The molecule has 3 N–H and O–H groups in total. The third-order valence-corrected chi connectivity index (χ3v) is 3.73. The molecular formula is C13H26N2O. The van der Waals surface area contributed by atoms with E-state index < -0.39 is 5.41 Å². The molecule has 0 aliphatic rings. The maximum Gasteiger partial charge on any atom is 0.229 e. The number of hydrogen-bond acceptors (Lipinski definition) is 2. The summed E-state index contributed by atoms with van der Waals surface area (Å²) in [5, 5.41) is 2.98. The minimum atomic E-state index is -0.469. The highest BCUT2D eigenvalue weighted by molar-refractivity contribution is 5.84. The van der Waals surface area contributed by atoms with Crippen LogP contribution >= 0.6 is 0 Å². The van der Waals surface area contributed by atoms with Crippen molar-refractivity contribution in [1.82, 2.24) is 5.32 Å². The van der Waals surface area contributed by atoms with Crippen molar-refractivity contribution >= 4 is 5.91 Å². The van der Waals surface area contributed by atoms with E-state index in [0.717, 1.165) is 12.8 Å². The second kappa shape index (κ2) is 6.04. The van der Waals surface area contributed by atoms with Gasteiger partial charge in [0.25, 0.3) is 0 Å². The van der Waals surface area contributed by atoms with Crippen LogP contribution in [0.15, 0.2) is 12.7 Å². The molecule has 0 aliphatic heterocycles. The zero-order valence-electron chi connectivity index (χ0n) is 11.1. The zero-order valence-corrected chi connectivity index (χ0v) is 11.1. The first-order valence-electron chi connectivity index (χ1n) is 5.99. The normalized spacial score (nSPS) is 18.3. The minimum Gasteiger partial charge on any atom is -0.355 e. The van der Waals surface area contributed by atoms with Crippen LogP contribution < -0.4 is 11.1 Å². The first-order chi connectivity index (χ1) is 7.37. The Hall–Kier alpha value is -0.830. The van der Waals surface area contributed by atoms with Gasteiger partial charge in [-0.05, 0) is 31.7 Å². The van der Waals surface area contributed by atoms with E-state index in [0.29, 0.717) is 13.1 Å². The van der Waals surface area contributed by atoms with Crippen LogP contribution in [0.2, 0.25) is 0 Å². The Morgan fingerprint density at radius 1 is 1.38 bits per heavy atom. The minimum absolute atomic E-state index is 0.00845. The van der Waals surface area contributed by atoms with E-state index in [4.69, 9.17) is 5.73 Å². The number of nitrogens with two attached hydrogens (primary N) is 1. The molecule has 0 spiro atoms. The lowest BCUT2D eigenvalue weighted by molar-refractivity contribution is -0.128. The van der Waals surface area contributed by atoms with Gasteiger partial charge in [-0.25, -0.2) is 0 Å². The molecule has 0 aromatic rings. The van der Waals surface area contributed by atoms with Gasteiger partial charge in [-0.1, -0.05) is 26.8 Å². The summed E-state index contributed by atoms with van der Waals surface area (Å²) in [5.74, 6) is 0.0399. The summed E-state index contributed by atoms with van der Waals surface area (Å²) >= 11 is 0. The lowest BCUT2D eigenvalue weighted by Gasteiger charge is -2.30.